The molecule has 6 heteroatoms. The van der Waals surface area contributed by atoms with Crippen LogP contribution in [0, 0.1) is 5.92 Å². The second-order valence-electron chi connectivity index (χ2n) is 7.19. The average molecular weight is 322 g/mol. The van der Waals surface area contributed by atoms with Gasteiger partial charge in [0.1, 0.15) is 11.4 Å². The molecule has 6 nitrogen and oxygen atoms in total. The minimum atomic E-state index is -0.450. The zero-order chi connectivity index (χ0) is 16.9. The largest absolute Gasteiger partial charge is 0.444 e. The summed E-state index contributed by atoms with van der Waals surface area (Å²) in [6.45, 7) is 10.1. The summed E-state index contributed by atoms with van der Waals surface area (Å²) >= 11 is 0. The molecular formula is C17H30N4O2. The van der Waals surface area contributed by atoms with E-state index in [2.05, 4.69) is 27.1 Å². The van der Waals surface area contributed by atoms with Gasteiger partial charge in [0.2, 0.25) is 0 Å². The van der Waals surface area contributed by atoms with Crippen molar-refractivity contribution in [3.8, 4) is 0 Å². The summed E-state index contributed by atoms with van der Waals surface area (Å²) in [7, 11) is 0. The maximum Gasteiger partial charge on any atom is 0.407 e. The number of ether oxygens (including phenoxy) is 1. The fourth-order valence-corrected chi connectivity index (χ4v) is 3.10. The van der Waals surface area contributed by atoms with Gasteiger partial charge in [0.25, 0.3) is 0 Å². The van der Waals surface area contributed by atoms with Crippen LogP contribution in [0.25, 0.3) is 0 Å². The molecule has 2 atom stereocenters. The molecule has 0 bridgehead atoms. The monoisotopic (exact) mass is 322 g/mol. The minimum Gasteiger partial charge on any atom is -0.444 e. The third-order valence-corrected chi connectivity index (χ3v) is 4.23. The van der Waals surface area contributed by atoms with Gasteiger partial charge in [-0.1, -0.05) is 6.42 Å². The molecule has 1 aromatic heterocycles. The van der Waals surface area contributed by atoms with E-state index in [-0.39, 0.29) is 6.09 Å². The van der Waals surface area contributed by atoms with Gasteiger partial charge in [-0.3, -0.25) is 0 Å². The fraction of sp³-hybridized carbons (Fsp3) is 0.765. The van der Waals surface area contributed by atoms with Crippen LogP contribution in [0.2, 0.25) is 0 Å². The number of hydrogen-bond donors (Lipinski definition) is 2. The predicted octanol–water partition coefficient (Wildman–Crippen LogP) is 2.69. The topological polar surface area (TPSA) is 68.2 Å². The molecule has 23 heavy (non-hydrogen) atoms. The Hall–Kier alpha value is -1.56. The summed E-state index contributed by atoms with van der Waals surface area (Å²) in [5, 5.41) is 6.51. The van der Waals surface area contributed by atoms with E-state index in [4.69, 9.17) is 4.74 Å². The van der Waals surface area contributed by atoms with Crippen LogP contribution in [-0.2, 0) is 17.8 Å². The number of alkyl carbamates (subject to hydrolysis) is 1. The molecule has 1 aromatic rings. The highest BCUT2D eigenvalue weighted by Crippen LogP contribution is 2.25. The number of nitrogens with zero attached hydrogens (tertiary/aromatic N) is 2. The fourth-order valence-electron chi connectivity index (χ4n) is 3.10. The van der Waals surface area contributed by atoms with Gasteiger partial charge >= 0.3 is 6.09 Å². The van der Waals surface area contributed by atoms with Crippen molar-refractivity contribution in [2.24, 2.45) is 5.92 Å². The summed E-state index contributed by atoms with van der Waals surface area (Å²) in [5.41, 5.74) is -0.450. The SMILES string of the molecule is CCn1ccnc1CNC1CCCC1CNC(=O)OC(C)(C)C. The highest BCUT2D eigenvalue weighted by atomic mass is 16.6. The molecule has 0 aliphatic heterocycles. The van der Waals surface area contributed by atoms with Crippen LogP contribution < -0.4 is 10.6 Å². The average Bonchev–Trinajstić information content (AvgIpc) is 3.09. The normalized spacial score (nSPS) is 21.4. The molecule has 1 heterocycles. The van der Waals surface area contributed by atoms with E-state index < -0.39 is 5.60 Å². The lowest BCUT2D eigenvalue weighted by Crippen LogP contribution is -2.41. The Bertz CT molecular complexity index is 507. The van der Waals surface area contributed by atoms with Gasteiger partial charge in [-0.25, -0.2) is 9.78 Å². The summed E-state index contributed by atoms with van der Waals surface area (Å²) in [5.74, 6) is 1.52. The third-order valence-electron chi connectivity index (χ3n) is 4.23. The number of nitrogens with one attached hydrogen (secondary N) is 2. The quantitative estimate of drug-likeness (QED) is 0.845. The van der Waals surface area contributed by atoms with Gasteiger partial charge < -0.3 is 19.9 Å². The van der Waals surface area contributed by atoms with Crippen LogP contribution in [0.5, 0.6) is 0 Å². The van der Waals surface area contributed by atoms with E-state index in [1.807, 2.05) is 33.2 Å². The van der Waals surface area contributed by atoms with Crippen LogP contribution in [0.15, 0.2) is 12.4 Å². The minimum absolute atomic E-state index is 0.329. The number of rotatable bonds is 6. The van der Waals surface area contributed by atoms with E-state index in [9.17, 15) is 4.79 Å². The Morgan fingerprint density at radius 1 is 1.43 bits per heavy atom. The maximum atomic E-state index is 11.8. The zero-order valence-electron chi connectivity index (χ0n) is 14.8. The number of amides is 1. The van der Waals surface area contributed by atoms with Crippen LogP contribution in [0.3, 0.4) is 0 Å². The number of carbonyl (C=O) groups excluding carboxylic acids is 1. The number of aryl methyl sites for hydroxylation is 1. The van der Waals surface area contributed by atoms with Crippen LogP contribution in [-0.4, -0.2) is 33.8 Å². The summed E-state index contributed by atoms with van der Waals surface area (Å²) in [6, 6.07) is 0.423. The molecule has 2 N–H and O–H groups in total. The van der Waals surface area contributed by atoms with Crippen LogP contribution in [0.4, 0.5) is 4.79 Å². The van der Waals surface area contributed by atoms with Crippen LogP contribution in [0.1, 0.15) is 52.8 Å². The molecule has 0 spiro atoms. The van der Waals surface area contributed by atoms with E-state index in [1.54, 1.807) is 0 Å². The van der Waals surface area contributed by atoms with Gasteiger partial charge in [0, 0.05) is 31.5 Å². The van der Waals surface area contributed by atoms with Crippen molar-refractivity contribution in [1.29, 1.82) is 0 Å². The van der Waals surface area contributed by atoms with Gasteiger partial charge in [-0.15, -0.1) is 0 Å². The van der Waals surface area contributed by atoms with Crippen molar-refractivity contribution in [3.63, 3.8) is 0 Å². The highest BCUT2D eigenvalue weighted by molar-refractivity contribution is 5.67. The number of aromatic nitrogens is 2. The van der Waals surface area contributed by atoms with Crippen molar-refractivity contribution in [2.75, 3.05) is 6.54 Å². The first-order valence-corrected chi connectivity index (χ1v) is 8.59. The second kappa shape index (κ2) is 7.81. The molecule has 1 amide bonds. The lowest BCUT2D eigenvalue weighted by atomic mass is 10.0. The number of carbonyl (C=O) groups is 1. The predicted molar refractivity (Wildman–Crippen MR) is 90.1 cm³/mol. The molecule has 0 aromatic carbocycles. The molecule has 0 radical (unpaired) electrons. The molecule has 1 fully saturated rings. The number of hydrogen-bond acceptors (Lipinski definition) is 4. The Kier molecular flexibility index (Phi) is 6.04. The Labute approximate surface area is 139 Å². The molecule has 1 aliphatic carbocycles. The van der Waals surface area contributed by atoms with Gasteiger partial charge in [-0.2, -0.15) is 0 Å². The third kappa shape index (κ3) is 5.53. The van der Waals surface area contributed by atoms with Crippen molar-refractivity contribution in [1.82, 2.24) is 20.2 Å². The smallest absolute Gasteiger partial charge is 0.407 e. The summed E-state index contributed by atoms with van der Waals surface area (Å²) in [4.78, 5) is 16.2. The van der Waals surface area contributed by atoms with Crippen molar-refractivity contribution < 1.29 is 9.53 Å². The first-order chi connectivity index (χ1) is 10.9. The highest BCUT2D eigenvalue weighted by Gasteiger charge is 2.28. The van der Waals surface area contributed by atoms with Crippen LogP contribution >= 0.6 is 0 Å². The Morgan fingerprint density at radius 2 is 2.22 bits per heavy atom. The van der Waals surface area contributed by atoms with Gasteiger partial charge in [-0.05, 0) is 46.5 Å². The first kappa shape index (κ1) is 17.8. The molecule has 2 rings (SSSR count). The van der Waals surface area contributed by atoms with E-state index >= 15 is 0 Å². The van der Waals surface area contributed by atoms with Gasteiger partial charge in [0.05, 0.1) is 6.54 Å². The Balaban J connectivity index is 1.78. The molecule has 2 unspecified atom stereocenters. The van der Waals surface area contributed by atoms with Crippen molar-refractivity contribution in [2.45, 2.75) is 71.7 Å². The zero-order valence-corrected chi connectivity index (χ0v) is 14.8. The van der Waals surface area contributed by atoms with Crippen molar-refractivity contribution in [3.05, 3.63) is 18.2 Å². The summed E-state index contributed by atoms with van der Waals surface area (Å²) < 4.78 is 7.45. The molecule has 1 saturated carbocycles. The Morgan fingerprint density at radius 3 is 2.91 bits per heavy atom. The summed E-state index contributed by atoms with van der Waals surface area (Å²) in [6.07, 6.45) is 7.00. The molecule has 130 valence electrons. The first-order valence-electron chi connectivity index (χ1n) is 8.59. The standard InChI is InChI=1S/C17H30N4O2/c1-5-21-10-9-18-15(21)12-19-14-8-6-7-13(14)11-20-16(22)23-17(2,3)4/h9-10,13-14,19H,5-8,11-12H2,1-4H3,(H,20,22). The molecule has 1 aliphatic rings. The van der Waals surface area contributed by atoms with Crippen molar-refractivity contribution >= 4 is 6.09 Å². The molecular weight excluding hydrogens is 292 g/mol. The maximum absolute atomic E-state index is 11.8. The number of imidazole rings is 1. The van der Waals surface area contributed by atoms with E-state index in [0.717, 1.165) is 31.8 Å². The molecule has 0 saturated heterocycles. The van der Waals surface area contributed by atoms with E-state index in [1.165, 1.54) is 6.42 Å². The lowest BCUT2D eigenvalue weighted by Gasteiger charge is -2.23. The van der Waals surface area contributed by atoms with E-state index in [0.29, 0.717) is 18.5 Å². The second-order valence-corrected chi connectivity index (χ2v) is 7.19. The lowest BCUT2D eigenvalue weighted by molar-refractivity contribution is 0.0517. The van der Waals surface area contributed by atoms with Gasteiger partial charge in [0.15, 0.2) is 0 Å².